The first kappa shape index (κ1) is 16.4. The maximum absolute atomic E-state index is 12.2. The van der Waals surface area contributed by atoms with E-state index < -0.39 is 0 Å². The van der Waals surface area contributed by atoms with E-state index in [9.17, 15) is 4.79 Å². The quantitative estimate of drug-likeness (QED) is 0.699. The van der Waals surface area contributed by atoms with Crippen LogP contribution in [-0.4, -0.2) is 35.5 Å². The molecule has 1 fully saturated rings. The lowest BCUT2D eigenvalue weighted by molar-refractivity contribution is -0.132. The van der Waals surface area contributed by atoms with Crippen molar-refractivity contribution in [3.8, 4) is 5.75 Å². The normalized spacial score (nSPS) is 14.4. The predicted molar refractivity (Wildman–Crippen MR) is 101 cm³/mol. The van der Waals surface area contributed by atoms with Crippen molar-refractivity contribution in [1.82, 2.24) is 9.88 Å². The lowest BCUT2D eigenvalue weighted by Crippen LogP contribution is -2.32. The largest absolute Gasteiger partial charge is 0.483 e. The minimum Gasteiger partial charge on any atom is -0.483 e. The molecular weight excluding hydrogens is 328 g/mol. The van der Waals surface area contributed by atoms with E-state index in [-0.39, 0.29) is 12.5 Å². The van der Waals surface area contributed by atoms with Gasteiger partial charge in [-0.05, 0) is 37.1 Å². The van der Waals surface area contributed by atoms with Crippen molar-refractivity contribution >= 4 is 29.2 Å². The molecule has 1 aromatic heterocycles. The minimum atomic E-state index is 0.0419. The molecule has 3 aromatic rings. The Morgan fingerprint density at radius 1 is 1.08 bits per heavy atom. The Kier molecular flexibility index (Phi) is 4.69. The number of carbonyl (C=O) groups excluding carboxylic acids is 1. The highest BCUT2D eigenvalue weighted by Crippen LogP contribution is 2.22. The van der Waals surface area contributed by atoms with Crippen molar-refractivity contribution < 1.29 is 13.9 Å². The van der Waals surface area contributed by atoms with E-state index in [1.165, 1.54) is 0 Å². The number of oxazole rings is 1. The highest BCUT2D eigenvalue weighted by atomic mass is 16.5. The molecule has 0 atom stereocenters. The summed E-state index contributed by atoms with van der Waals surface area (Å²) in [7, 11) is 0. The van der Waals surface area contributed by atoms with Crippen LogP contribution in [0.15, 0.2) is 52.9 Å². The lowest BCUT2D eigenvalue weighted by atomic mass is 10.2. The second-order valence-electron chi connectivity index (χ2n) is 6.27. The molecule has 4 rings (SSSR count). The van der Waals surface area contributed by atoms with Crippen LogP contribution in [0.25, 0.3) is 23.3 Å². The number of hydrogen-bond acceptors (Lipinski definition) is 4. The van der Waals surface area contributed by atoms with E-state index in [0.717, 1.165) is 42.6 Å². The molecule has 0 radical (unpaired) electrons. The molecule has 1 saturated heterocycles. The molecule has 1 amide bonds. The third kappa shape index (κ3) is 3.61. The average molecular weight is 348 g/mol. The van der Waals surface area contributed by atoms with Crippen LogP contribution in [0.4, 0.5) is 0 Å². The Morgan fingerprint density at radius 3 is 2.69 bits per heavy atom. The van der Waals surface area contributed by atoms with E-state index in [1.54, 1.807) is 0 Å². The van der Waals surface area contributed by atoms with Gasteiger partial charge in [-0.15, -0.1) is 0 Å². The molecule has 1 aliphatic rings. The number of likely N-dealkylation sites (tertiary alicyclic amines) is 1. The molecule has 0 unspecified atom stereocenters. The zero-order valence-electron chi connectivity index (χ0n) is 14.4. The second-order valence-corrected chi connectivity index (χ2v) is 6.27. The Hall–Kier alpha value is -3.08. The van der Waals surface area contributed by atoms with Gasteiger partial charge in [0.1, 0.15) is 11.3 Å². The maximum Gasteiger partial charge on any atom is 0.260 e. The molecule has 2 heterocycles. The summed E-state index contributed by atoms with van der Waals surface area (Å²) in [5.41, 5.74) is 2.46. The van der Waals surface area contributed by atoms with Crippen molar-refractivity contribution in [1.29, 1.82) is 0 Å². The number of para-hydroxylation sites is 3. The van der Waals surface area contributed by atoms with Gasteiger partial charge in [-0.2, -0.15) is 0 Å². The standard InChI is InChI=1S/C21H20N2O3/c24-21(23-13-5-6-14-23)15-25-18-9-3-1-7-16(18)11-12-20-22-17-8-2-4-10-19(17)26-20/h1-4,7-12H,5-6,13-15H2/b12-11+. The fourth-order valence-corrected chi connectivity index (χ4v) is 3.07. The third-order valence-electron chi connectivity index (χ3n) is 4.44. The van der Waals surface area contributed by atoms with E-state index >= 15 is 0 Å². The molecule has 26 heavy (non-hydrogen) atoms. The summed E-state index contributed by atoms with van der Waals surface area (Å²) in [4.78, 5) is 18.5. The van der Waals surface area contributed by atoms with Crippen LogP contribution in [0.5, 0.6) is 5.75 Å². The van der Waals surface area contributed by atoms with E-state index in [1.807, 2.05) is 65.6 Å². The van der Waals surface area contributed by atoms with Gasteiger partial charge in [-0.3, -0.25) is 4.79 Å². The first-order chi connectivity index (χ1) is 12.8. The van der Waals surface area contributed by atoms with Crippen LogP contribution in [-0.2, 0) is 4.79 Å². The molecule has 5 nitrogen and oxygen atoms in total. The molecule has 2 aromatic carbocycles. The molecule has 5 heteroatoms. The van der Waals surface area contributed by atoms with Crippen LogP contribution in [0.2, 0.25) is 0 Å². The summed E-state index contributed by atoms with van der Waals surface area (Å²) in [5, 5.41) is 0. The van der Waals surface area contributed by atoms with Gasteiger partial charge in [-0.1, -0.05) is 30.3 Å². The molecule has 0 aliphatic carbocycles. The molecule has 132 valence electrons. The molecule has 0 bridgehead atoms. The van der Waals surface area contributed by atoms with Crippen LogP contribution < -0.4 is 4.74 Å². The van der Waals surface area contributed by atoms with Crippen LogP contribution >= 0.6 is 0 Å². The summed E-state index contributed by atoms with van der Waals surface area (Å²) < 4.78 is 11.5. The zero-order valence-corrected chi connectivity index (χ0v) is 14.4. The topological polar surface area (TPSA) is 55.6 Å². The summed E-state index contributed by atoms with van der Waals surface area (Å²) in [5.74, 6) is 1.25. The summed E-state index contributed by atoms with van der Waals surface area (Å²) >= 11 is 0. The fourth-order valence-electron chi connectivity index (χ4n) is 3.07. The van der Waals surface area contributed by atoms with Gasteiger partial charge in [0.2, 0.25) is 5.89 Å². The summed E-state index contributed by atoms with van der Waals surface area (Å²) in [6, 6.07) is 15.3. The number of amides is 1. The molecule has 1 aliphatic heterocycles. The Bertz CT molecular complexity index is 906. The third-order valence-corrected chi connectivity index (χ3v) is 4.44. The minimum absolute atomic E-state index is 0.0419. The van der Waals surface area contributed by atoms with Crippen LogP contribution in [0, 0.1) is 0 Å². The van der Waals surface area contributed by atoms with Crippen LogP contribution in [0.3, 0.4) is 0 Å². The number of hydrogen-bond donors (Lipinski definition) is 0. The number of benzene rings is 2. The molecular formula is C21H20N2O3. The second kappa shape index (κ2) is 7.44. The zero-order chi connectivity index (χ0) is 17.8. The van der Waals surface area contributed by atoms with E-state index in [2.05, 4.69) is 4.98 Å². The highest BCUT2D eigenvalue weighted by Gasteiger charge is 2.18. The van der Waals surface area contributed by atoms with Crippen molar-refractivity contribution in [3.63, 3.8) is 0 Å². The maximum atomic E-state index is 12.2. The number of nitrogens with zero attached hydrogens (tertiary/aromatic N) is 2. The summed E-state index contributed by atoms with van der Waals surface area (Å²) in [6.45, 7) is 1.73. The number of carbonyl (C=O) groups is 1. The van der Waals surface area contributed by atoms with Gasteiger partial charge in [0, 0.05) is 24.7 Å². The Morgan fingerprint density at radius 2 is 1.85 bits per heavy atom. The van der Waals surface area contributed by atoms with E-state index in [0.29, 0.717) is 11.6 Å². The fraction of sp³-hybridized carbons (Fsp3) is 0.238. The average Bonchev–Trinajstić information content (AvgIpc) is 3.34. The van der Waals surface area contributed by atoms with Gasteiger partial charge in [-0.25, -0.2) is 4.98 Å². The SMILES string of the molecule is O=C(COc1ccccc1/C=C/c1nc2ccccc2o1)N1CCCC1. The predicted octanol–water partition coefficient (Wildman–Crippen LogP) is 4.00. The number of aromatic nitrogens is 1. The van der Waals surface area contributed by atoms with Gasteiger partial charge in [0.25, 0.3) is 5.91 Å². The summed E-state index contributed by atoms with van der Waals surface area (Å²) in [6.07, 6.45) is 5.86. The monoisotopic (exact) mass is 348 g/mol. The lowest BCUT2D eigenvalue weighted by Gasteiger charge is -2.16. The Labute approximate surface area is 151 Å². The molecule has 0 saturated carbocycles. The van der Waals surface area contributed by atoms with Crippen molar-refractivity contribution in [3.05, 3.63) is 60.0 Å². The van der Waals surface area contributed by atoms with Gasteiger partial charge in [0.05, 0.1) is 0 Å². The molecule has 0 spiro atoms. The number of rotatable bonds is 5. The van der Waals surface area contributed by atoms with Crippen molar-refractivity contribution in [2.24, 2.45) is 0 Å². The van der Waals surface area contributed by atoms with Crippen molar-refractivity contribution in [2.75, 3.05) is 19.7 Å². The first-order valence-corrected chi connectivity index (χ1v) is 8.83. The van der Waals surface area contributed by atoms with Gasteiger partial charge in [0.15, 0.2) is 12.2 Å². The van der Waals surface area contributed by atoms with Crippen molar-refractivity contribution in [2.45, 2.75) is 12.8 Å². The molecule has 0 N–H and O–H groups in total. The number of ether oxygens (including phenoxy) is 1. The smallest absolute Gasteiger partial charge is 0.260 e. The van der Waals surface area contributed by atoms with Gasteiger partial charge >= 0.3 is 0 Å². The first-order valence-electron chi connectivity index (χ1n) is 8.83. The van der Waals surface area contributed by atoms with E-state index in [4.69, 9.17) is 9.15 Å². The van der Waals surface area contributed by atoms with Crippen LogP contribution in [0.1, 0.15) is 24.3 Å². The highest BCUT2D eigenvalue weighted by molar-refractivity contribution is 5.79. The number of fused-ring (bicyclic) bond motifs is 1. The Balaban J connectivity index is 1.47. The van der Waals surface area contributed by atoms with Gasteiger partial charge < -0.3 is 14.1 Å².